The van der Waals surface area contributed by atoms with E-state index >= 15 is 0 Å². The molecule has 0 aromatic heterocycles. The molecule has 0 aromatic carbocycles. The molecule has 4 rings (SSSR count). The maximum atomic E-state index is 13.0. The topological polar surface area (TPSA) is 441 Å². The van der Waals surface area contributed by atoms with Gasteiger partial charge in [0.05, 0.1) is 38.6 Å². The van der Waals surface area contributed by atoms with Crippen LogP contribution in [0.15, 0.2) is 5.11 Å². The Kier molecular flexibility index (Phi) is 18.5. The van der Waals surface area contributed by atoms with Gasteiger partial charge < -0.3 is 110 Å². The zero-order valence-electron chi connectivity index (χ0n) is 33.1. The summed E-state index contributed by atoms with van der Waals surface area (Å²) in [5.74, 6) is -4.69. The highest BCUT2D eigenvalue weighted by molar-refractivity contribution is 5.76. The number of hydrogen-bond acceptors (Lipinski definition) is 23. The number of hydrogen-bond donors (Lipinski definition) is 14. The van der Waals surface area contributed by atoms with E-state index in [4.69, 9.17) is 49.8 Å². The van der Waals surface area contributed by atoms with Crippen molar-refractivity contribution in [2.45, 2.75) is 149 Å². The lowest BCUT2D eigenvalue weighted by Gasteiger charge is -2.51. The predicted molar refractivity (Wildman–Crippen MR) is 194 cm³/mol. The number of carboxylic acids is 1. The summed E-state index contributed by atoms with van der Waals surface area (Å²) in [5.41, 5.74) is 8.71. The van der Waals surface area contributed by atoms with Crippen LogP contribution in [0, 0.1) is 12.3 Å². The maximum Gasteiger partial charge on any atom is 0.364 e. The highest BCUT2D eigenvalue weighted by Crippen LogP contribution is 2.39. The van der Waals surface area contributed by atoms with Gasteiger partial charge in [-0.05, 0) is 5.53 Å². The molecule has 0 unspecified atom stereocenters. The third kappa shape index (κ3) is 11.4. The first-order valence-corrected chi connectivity index (χ1v) is 19.1. The molecule has 0 bridgehead atoms. The first-order chi connectivity index (χ1) is 29.3. The Morgan fingerprint density at radius 1 is 0.839 bits per heavy atom. The number of rotatable bonds is 18. The second-order valence-electron chi connectivity index (χ2n) is 14.7. The van der Waals surface area contributed by atoms with Crippen molar-refractivity contribution in [2.24, 2.45) is 5.11 Å². The van der Waals surface area contributed by atoms with Gasteiger partial charge in [0.15, 0.2) is 18.9 Å². The number of terminal acetylenes is 1. The lowest BCUT2D eigenvalue weighted by atomic mass is 9.88. The van der Waals surface area contributed by atoms with E-state index in [0.29, 0.717) is 0 Å². The molecule has 0 aliphatic carbocycles. The SMILES string of the molecule is C#C[C@@H]1O[C@@H](O[C@@H]2[C@@H](NC(C)=O)[C@H](OCCN=[N+]=[N-])O[C@H](CO)[C@H]2O[C@@H]2O[C@H](CO)[C@H](O)[C@H](O[C@]3(C(=O)O)C[C@H](O)[C@@H](NC(C)=O)[C@H]([C@H](O)[C@H](O)CO)O3)[C@H]2O)[C@@H](O)[C@H](O)[C@@H]1O. The number of aliphatic carboxylic acids is 1. The second kappa shape index (κ2) is 22.4. The average Bonchev–Trinajstić information content (AvgIpc) is 3.23. The van der Waals surface area contributed by atoms with E-state index < -0.39 is 172 Å². The van der Waals surface area contributed by atoms with Crippen LogP contribution in [0.5, 0.6) is 0 Å². The number of aliphatic hydroxyl groups is 11. The van der Waals surface area contributed by atoms with Gasteiger partial charge >= 0.3 is 5.97 Å². The lowest BCUT2D eigenvalue weighted by molar-refractivity contribution is -0.390. The number of carbonyl (C=O) groups excluding carboxylic acids is 2. The molecule has 4 saturated heterocycles. The fourth-order valence-electron chi connectivity index (χ4n) is 7.34. The molecule has 0 aromatic rings. The number of amides is 2. The molecular formula is C34H53N5O23. The third-order valence-electron chi connectivity index (χ3n) is 10.4. The van der Waals surface area contributed by atoms with Gasteiger partial charge in [0, 0.05) is 31.7 Å². The quantitative estimate of drug-likeness (QED) is 0.0200. The summed E-state index contributed by atoms with van der Waals surface area (Å²) < 4.78 is 46.2. The normalized spacial score (nSPS) is 42.1. The lowest BCUT2D eigenvalue weighted by Crippen LogP contribution is -2.71. The van der Waals surface area contributed by atoms with Gasteiger partial charge in [0.1, 0.15) is 91.5 Å². The van der Waals surface area contributed by atoms with Crippen LogP contribution in [0.4, 0.5) is 0 Å². The Morgan fingerprint density at radius 3 is 2.00 bits per heavy atom. The summed E-state index contributed by atoms with van der Waals surface area (Å²) in [6.07, 6.45) is -30.9. The van der Waals surface area contributed by atoms with E-state index in [-0.39, 0.29) is 13.2 Å². The van der Waals surface area contributed by atoms with Crippen molar-refractivity contribution in [3.8, 4) is 12.3 Å². The van der Waals surface area contributed by atoms with Crippen LogP contribution in [-0.2, 0) is 52.3 Å². The van der Waals surface area contributed by atoms with Gasteiger partial charge in [-0.1, -0.05) is 11.0 Å². The number of carboxylic acid groups (broad SMARTS) is 1. The first-order valence-electron chi connectivity index (χ1n) is 19.1. The molecule has 352 valence electrons. The minimum Gasteiger partial charge on any atom is -0.477 e. The van der Waals surface area contributed by atoms with E-state index in [1.807, 2.05) is 0 Å². The predicted octanol–water partition coefficient (Wildman–Crippen LogP) is -8.28. The Bertz CT molecular complexity index is 1610. The minimum atomic E-state index is -3.15. The maximum absolute atomic E-state index is 13.0. The third-order valence-corrected chi connectivity index (χ3v) is 10.4. The largest absolute Gasteiger partial charge is 0.477 e. The molecule has 4 heterocycles. The molecule has 4 aliphatic heterocycles. The van der Waals surface area contributed by atoms with Gasteiger partial charge in [-0.25, -0.2) is 4.79 Å². The van der Waals surface area contributed by atoms with Gasteiger partial charge in [0.25, 0.3) is 5.79 Å². The van der Waals surface area contributed by atoms with Crippen LogP contribution in [0.25, 0.3) is 10.4 Å². The van der Waals surface area contributed by atoms with Crippen LogP contribution >= 0.6 is 0 Å². The highest BCUT2D eigenvalue weighted by Gasteiger charge is 2.61. The summed E-state index contributed by atoms with van der Waals surface area (Å²) in [7, 11) is 0. The van der Waals surface area contributed by atoms with Gasteiger partial charge in [-0.3, -0.25) is 9.59 Å². The van der Waals surface area contributed by atoms with E-state index in [2.05, 4.69) is 26.6 Å². The molecule has 0 saturated carbocycles. The smallest absolute Gasteiger partial charge is 0.364 e. The Morgan fingerprint density at radius 2 is 1.44 bits per heavy atom. The number of azide groups is 1. The molecule has 0 spiro atoms. The van der Waals surface area contributed by atoms with Crippen LogP contribution in [0.2, 0.25) is 0 Å². The average molecular weight is 900 g/mol. The van der Waals surface area contributed by atoms with Crippen molar-refractivity contribution in [1.82, 2.24) is 10.6 Å². The first kappa shape index (κ1) is 51.2. The summed E-state index contributed by atoms with van der Waals surface area (Å²) in [6, 6.07) is -3.19. The van der Waals surface area contributed by atoms with E-state index in [1.54, 1.807) is 0 Å². The zero-order chi connectivity index (χ0) is 46.2. The van der Waals surface area contributed by atoms with Crippen molar-refractivity contribution >= 4 is 17.8 Å². The zero-order valence-corrected chi connectivity index (χ0v) is 33.1. The van der Waals surface area contributed by atoms with Crippen LogP contribution in [0.1, 0.15) is 20.3 Å². The van der Waals surface area contributed by atoms with Crippen molar-refractivity contribution in [3.63, 3.8) is 0 Å². The number of ether oxygens (including phenoxy) is 8. The molecule has 14 N–H and O–H groups in total. The molecule has 21 atom stereocenters. The van der Waals surface area contributed by atoms with Crippen molar-refractivity contribution in [1.29, 1.82) is 0 Å². The summed E-state index contributed by atoms with van der Waals surface area (Å²) >= 11 is 0. The fraction of sp³-hybridized carbons (Fsp3) is 0.853. The Hall–Kier alpha value is -3.48. The highest BCUT2D eigenvalue weighted by atomic mass is 16.8. The molecule has 0 radical (unpaired) electrons. The molecule has 4 aliphatic rings. The fourth-order valence-corrected chi connectivity index (χ4v) is 7.34. The Labute approximate surface area is 351 Å². The standard InChI is InChI=1S/C34H53N5O23/c1-4-15-21(48)23(50)24(51)31(56-15)60-28-19(38-12(3)44)30(55-6-5-36-39-35)58-17(10-42)26(28)59-32-25(52)29(22(49)16(9-41)57-32)62-34(33(53)54)7-13(45)18(37-11(2)43)27(61-34)20(47)14(46)8-40/h1,13-32,40-42,45-52H,5-10H2,2-3H3,(H,37,43)(H,38,44)(H,53,54)/t13-,14+,15-,16+,17+,18+,19+,20+,21+,22-,23+,24-,25+,26+,27+,28+,29-,30+,31-,32-,34-/m0/s1. The van der Waals surface area contributed by atoms with Crippen molar-refractivity contribution in [3.05, 3.63) is 10.4 Å². The van der Waals surface area contributed by atoms with Gasteiger partial charge in [-0.2, -0.15) is 0 Å². The molecule has 62 heavy (non-hydrogen) atoms. The van der Waals surface area contributed by atoms with E-state index in [0.717, 1.165) is 13.8 Å². The van der Waals surface area contributed by atoms with Crippen LogP contribution in [-0.4, -0.2) is 240 Å². The monoisotopic (exact) mass is 899 g/mol. The number of nitrogens with one attached hydrogen (secondary N) is 2. The molecule has 28 nitrogen and oxygen atoms in total. The van der Waals surface area contributed by atoms with Crippen LogP contribution < -0.4 is 10.6 Å². The van der Waals surface area contributed by atoms with E-state index in [9.17, 15) is 75.7 Å². The summed E-state index contributed by atoms with van der Waals surface area (Å²) in [5, 5.41) is 136. The molecule has 2 amide bonds. The van der Waals surface area contributed by atoms with Crippen LogP contribution in [0.3, 0.4) is 0 Å². The van der Waals surface area contributed by atoms with Gasteiger partial charge in [-0.15, -0.1) is 6.42 Å². The molecule has 28 heteroatoms. The molecule has 4 fully saturated rings. The number of carbonyl (C=O) groups is 3. The van der Waals surface area contributed by atoms with Gasteiger partial charge in [0.2, 0.25) is 11.8 Å². The van der Waals surface area contributed by atoms with Crippen molar-refractivity contribution < 1.29 is 114 Å². The number of nitrogens with zero attached hydrogens (tertiary/aromatic N) is 3. The van der Waals surface area contributed by atoms with E-state index in [1.165, 1.54) is 0 Å². The second-order valence-corrected chi connectivity index (χ2v) is 14.7. The summed E-state index contributed by atoms with van der Waals surface area (Å²) in [4.78, 5) is 40.1. The number of aliphatic hydroxyl groups excluding tert-OH is 11. The van der Waals surface area contributed by atoms with Crippen molar-refractivity contribution in [2.75, 3.05) is 33.0 Å². The molecular weight excluding hydrogens is 846 g/mol. The summed E-state index contributed by atoms with van der Waals surface area (Å²) in [6.45, 7) is -1.72. The minimum absolute atomic E-state index is 0.265. The Balaban J connectivity index is 1.76.